The molecule has 102 valence electrons. The van der Waals surface area contributed by atoms with E-state index in [1.807, 2.05) is 6.92 Å². The zero-order chi connectivity index (χ0) is 13.4. The van der Waals surface area contributed by atoms with Crippen LogP contribution in [0.25, 0.3) is 0 Å². The smallest absolute Gasteiger partial charge is 0.163 e. The summed E-state index contributed by atoms with van der Waals surface area (Å²) in [5, 5.41) is 3.58. The maximum absolute atomic E-state index is 13.3. The molecular weight excluding hydrogens is 241 g/mol. The number of rotatable bonds is 3. The van der Waals surface area contributed by atoms with E-state index >= 15 is 0 Å². The lowest BCUT2D eigenvalue weighted by atomic mass is 9.86. The molecule has 2 aliphatic rings. The Morgan fingerprint density at radius 3 is 2.68 bits per heavy atom. The summed E-state index contributed by atoms with van der Waals surface area (Å²) in [6.07, 6.45) is 5.24. The fourth-order valence-corrected chi connectivity index (χ4v) is 3.61. The highest BCUT2D eigenvalue weighted by Crippen LogP contribution is 2.33. The van der Waals surface area contributed by atoms with Gasteiger partial charge in [-0.05, 0) is 56.2 Å². The van der Waals surface area contributed by atoms with E-state index in [1.54, 1.807) is 6.07 Å². The van der Waals surface area contributed by atoms with Crippen molar-refractivity contribution in [1.82, 2.24) is 5.32 Å². The number of piperidine rings is 1. The minimum Gasteiger partial charge on any atom is -0.311 e. The van der Waals surface area contributed by atoms with Crippen molar-refractivity contribution in [3.63, 3.8) is 0 Å². The van der Waals surface area contributed by atoms with Crippen molar-refractivity contribution in [2.24, 2.45) is 5.92 Å². The zero-order valence-electron chi connectivity index (χ0n) is 11.3. The van der Waals surface area contributed by atoms with Gasteiger partial charge < -0.3 is 5.32 Å². The van der Waals surface area contributed by atoms with Crippen LogP contribution in [0.1, 0.15) is 48.0 Å². The van der Waals surface area contributed by atoms with Crippen LogP contribution >= 0.6 is 0 Å². The van der Waals surface area contributed by atoms with Crippen LogP contribution < -0.4 is 5.32 Å². The lowest BCUT2D eigenvalue weighted by Gasteiger charge is -2.28. The average molecular weight is 261 g/mol. The summed E-state index contributed by atoms with van der Waals surface area (Å²) >= 11 is 0. The Balaban J connectivity index is 1.69. The number of halogens is 1. The Labute approximate surface area is 113 Å². The van der Waals surface area contributed by atoms with Gasteiger partial charge in [-0.15, -0.1) is 0 Å². The van der Waals surface area contributed by atoms with Crippen LogP contribution in [-0.4, -0.2) is 17.9 Å². The van der Waals surface area contributed by atoms with E-state index in [4.69, 9.17) is 0 Å². The fourth-order valence-electron chi connectivity index (χ4n) is 3.61. The maximum Gasteiger partial charge on any atom is 0.163 e. The molecule has 19 heavy (non-hydrogen) atoms. The summed E-state index contributed by atoms with van der Waals surface area (Å²) in [7, 11) is 0. The van der Waals surface area contributed by atoms with E-state index in [2.05, 4.69) is 5.32 Å². The Hall–Kier alpha value is -1.22. The number of aryl methyl sites for hydroxylation is 1. The van der Waals surface area contributed by atoms with E-state index in [1.165, 1.54) is 25.0 Å². The van der Waals surface area contributed by atoms with Crippen molar-refractivity contribution in [2.45, 2.75) is 51.1 Å². The topological polar surface area (TPSA) is 29.1 Å². The third kappa shape index (κ3) is 2.71. The number of fused-ring (bicyclic) bond motifs is 2. The molecule has 0 amide bonds. The van der Waals surface area contributed by atoms with Crippen LogP contribution in [0.4, 0.5) is 4.39 Å². The van der Waals surface area contributed by atoms with Gasteiger partial charge in [-0.25, -0.2) is 4.39 Å². The van der Waals surface area contributed by atoms with Gasteiger partial charge in [-0.1, -0.05) is 6.07 Å². The van der Waals surface area contributed by atoms with Crippen molar-refractivity contribution >= 4 is 5.78 Å². The zero-order valence-corrected chi connectivity index (χ0v) is 11.3. The van der Waals surface area contributed by atoms with E-state index < -0.39 is 0 Å². The second-order valence-electron chi connectivity index (χ2n) is 6.06. The average Bonchev–Trinajstić information content (AvgIpc) is 2.71. The predicted molar refractivity (Wildman–Crippen MR) is 72.8 cm³/mol. The van der Waals surface area contributed by atoms with Crippen molar-refractivity contribution < 1.29 is 9.18 Å². The molecule has 3 rings (SSSR count). The number of ketones is 1. The largest absolute Gasteiger partial charge is 0.311 e. The molecule has 2 nitrogen and oxygen atoms in total. The van der Waals surface area contributed by atoms with Crippen LogP contribution in [0.5, 0.6) is 0 Å². The molecule has 1 N–H and O–H groups in total. The molecule has 2 unspecified atom stereocenters. The van der Waals surface area contributed by atoms with Crippen molar-refractivity contribution in [3.8, 4) is 0 Å². The highest BCUT2D eigenvalue weighted by atomic mass is 19.1. The van der Waals surface area contributed by atoms with Crippen LogP contribution in [-0.2, 0) is 0 Å². The first-order valence-electron chi connectivity index (χ1n) is 7.17. The summed E-state index contributed by atoms with van der Waals surface area (Å²) in [5.74, 6) is 0.247. The molecular formula is C16H20FNO. The number of nitrogens with one attached hydrogen (secondary N) is 1. The molecule has 3 heteroatoms. The Bertz CT molecular complexity index is 488. The Kier molecular flexibility index (Phi) is 3.40. The van der Waals surface area contributed by atoms with Crippen LogP contribution in [0.3, 0.4) is 0 Å². The minimum atomic E-state index is -0.320. The molecule has 0 aliphatic carbocycles. The van der Waals surface area contributed by atoms with E-state index in [0.29, 0.717) is 30.0 Å². The molecule has 0 aromatic heterocycles. The molecule has 0 radical (unpaired) electrons. The second kappa shape index (κ2) is 5.04. The first kappa shape index (κ1) is 12.8. The number of hydrogen-bond donors (Lipinski definition) is 1. The first-order chi connectivity index (χ1) is 9.11. The summed E-state index contributed by atoms with van der Waals surface area (Å²) < 4.78 is 13.3. The van der Waals surface area contributed by atoms with Gasteiger partial charge in [0.1, 0.15) is 5.82 Å². The number of hydrogen-bond acceptors (Lipinski definition) is 2. The van der Waals surface area contributed by atoms with Gasteiger partial charge in [0.05, 0.1) is 0 Å². The predicted octanol–water partition coefficient (Wildman–Crippen LogP) is 3.24. The van der Waals surface area contributed by atoms with Crippen LogP contribution in [0, 0.1) is 18.7 Å². The Morgan fingerprint density at radius 1 is 1.32 bits per heavy atom. The van der Waals surface area contributed by atoms with E-state index in [0.717, 1.165) is 18.4 Å². The van der Waals surface area contributed by atoms with Crippen LogP contribution in [0.15, 0.2) is 18.2 Å². The van der Waals surface area contributed by atoms with Crippen LogP contribution in [0.2, 0.25) is 0 Å². The minimum absolute atomic E-state index is 0.100. The highest BCUT2D eigenvalue weighted by Gasteiger charge is 2.34. The van der Waals surface area contributed by atoms with E-state index in [-0.39, 0.29) is 11.6 Å². The van der Waals surface area contributed by atoms with Gasteiger partial charge in [0.2, 0.25) is 0 Å². The summed E-state index contributed by atoms with van der Waals surface area (Å²) in [4.78, 5) is 12.3. The third-order valence-electron chi connectivity index (χ3n) is 4.54. The molecule has 0 spiro atoms. The normalized spacial score (nSPS) is 29.5. The molecule has 2 saturated heterocycles. The molecule has 2 heterocycles. The van der Waals surface area contributed by atoms with Crippen molar-refractivity contribution in [1.29, 1.82) is 0 Å². The monoisotopic (exact) mass is 261 g/mol. The van der Waals surface area contributed by atoms with Crippen molar-refractivity contribution in [3.05, 3.63) is 35.1 Å². The maximum atomic E-state index is 13.3. The van der Waals surface area contributed by atoms with Gasteiger partial charge >= 0.3 is 0 Å². The van der Waals surface area contributed by atoms with Gasteiger partial charge in [0, 0.05) is 24.1 Å². The molecule has 1 aromatic rings. The number of carbonyl (C=O) groups excluding carboxylic acids is 1. The Morgan fingerprint density at radius 2 is 2.00 bits per heavy atom. The summed E-state index contributed by atoms with van der Waals surface area (Å²) in [6.45, 7) is 1.87. The molecule has 2 atom stereocenters. The first-order valence-corrected chi connectivity index (χ1v) is 7.17. The molecule has 1 aromatic carbocycles. The summed E-state index contributed by atoms with van der Waals surface area (Å²) in [6, 6.07) is 5.69. The molecule has 2 fully saturated rings. The van der Waals surface area contributed by atoms with Gasteiger partial charge in [0.15, 0.2) is 5.78 Å². The third-order valence-corrected chi connectivity index (χ3v) is 4.54. The lowest BCUT2D eigenvalue weighted by Crippen LogP contribution is -2.38. The molecule has 0 saturated carbocycles. The number of Topliss-reactive ketones (excluding diaryl/α,β-unsaturated/α-hetero) is 1. The highest BCUT2D eigenvalue weighted by molar-refractivity contribution is 5.97. The van der Waals surface area contributed by atoms with Gasteiger partial charge in [0.25, 0.3) is 0 Å². The molecule has 2 bridgehead atoms. The summed E-state index contributed by atoms with van der Waals surface area (Å²) in [5.41, 5.74) is 1.44. The lowest BCUT2D eigenvalue weighted by molar-refractivity contribution is 0.0944. The second-order valence-corrected chi connectivity index (χ2v) is 6.06. The van der Waals surface area contributed by atoms with Gasteiger partial charge in [-0.3, -0.25) is 4.79 Å². The van der Waals surface area contributed by atoms with Crippen molar-refractivity contribution in [2.75, 3.05) is 0 Å². The molecule has 2 aliphatic heterocycles. The number of benzene rings is 1. The fraction of sp³-hybridized carbons (Fsp3) is 0.562. The van der Waals surface area contributed by atoms with Gasteiger partial charge in [-0.2, -0.15) is 0 Å². The SMILES string of the molecule is Cc1ccc(F)cc1C(=O)CC1CC2CCC(C1)N2. The van der Waals surface area contributed by atoms with E-state index in [9.17, 15) is 9.18 Å². The quantitative estimate of drug-likeness (QED) is 0.846. The number of carbonyl (C=O) groups is 1. The standard InChI is InChI=1S/C16H20FNO/c1-10-2-3-12(17)9-15(10)16(19)8-11-6-13-4-5-14(7-11)18-13/h2-3,9,11,13-14,18H,4-8H2,1H3.